The first kappa shape index (κ1) is 12.4. The van der Waals surface area contributed by atoms with Gasteiger partial charge in [0.15, 0.2) is 0 Å². The minimum atomic E-state index is 0.542. The standard InChI is InChI=1S/C12H12ClN5/c1-18-8-16-17-12(18)4-5-15-11-3-2-10(13)6-9(11)7-14/h2-3,6,8,15H,4-5H2,1H3. The van der Waals surface area contributed by atoms with Crippen molar-refractivity contribution in [1.29, 1.82) is 5.26 Å². The third kappa shape index (κ3) is 2.79. The van der Waals surface area contributed by atoms with Crippen molar-refractivity contribution in [1.82, 2.24) is 14.8 Å². The summed E-state index contributed by atoms with van der Waals surface area (Å²) in [6, 6.07) is 7.32. The van der Waals surface area contributed by atoms with E-state index in [4.69, 9.17) is 16.9 Å². The van der Waals surface area contributed by atoms with Gasteiger partial charge in [-0.3, -0.25) is 0 Å². The monoisotopic (exact) mass is 261 g/mol. The molecule has 0 aliphatic carbocycles. The maximum atomic E-state index is 9.00. The van der Waals surface area contributed by atoms with Gasteiger partial charge in [-0.1, -0.05) is 11.6 Å². The van der Waals surface area contributed by atoms with Crippen LogP contribution in [0.15, 0.2) is 24.5 Å². The maximum Gasteiger partial charge on any atom is 0.134 e. The summed E-state index contributed by atoms with van der Waals surface area (Å²) in [5.41, 5.74) is 1.32. The Hall–Kier alpha value is -2.06. The normalized spacial score (nSPS) is 10.1. The third-order valence-electron chi connectivity index (χ3n) is 2.57. The van der Waals surface area contributed by atoms with E-state index in [2.05, 4.69) is 21.6 Å². The summed E-state index contributed by atoms with van der Waals surface area (Å²) in [5.74, 6) is 0.898. The molecule has 2 rings (SSSR count). The molecule has 0 aliphatic heterocycles. The Morgan fingerprint density at radius 3 is 3.00 bits per heavy atom. The topological polar surface area (TPSA) is 66.5 Å². The van der Waals surface area contributed by atoms with Gasteiger partial charge >= 0.3 is 0 Å². The molecule has 0 unspecified atom stereocenters. The number of rotatable bonds is 4. The lowest BCUT2D eigenvalue weighted by molar-refractivity contribution is 0.788. The van der Waals surface area contributed by atoms with Gasteiger partial charge in [-0.2, -0.15) is 5.26 Å². The summed E-state index contributed by atoms with van der Waals surface area (Å²) in [4.78, 5) is 0. The highest BCUT2D eigenvalue weighted by atomic mass is 35.5. The number of benzene rings is 1. The van der Waals surface area contributed by atoms with Gasteiger partial charge in [-0.25, -0.2) is 0 Å². The zero-order chi connectivity index (χ0) is 13.0. The molecule has 1 N–H and O–H groups in total. The number of anilines is 1. The Kier molecular flexibility index (Phi) is 3.80. The van der Waals surface area contributed by atoms with Crippen molar-refractivity contribution < 1.29 is 0 Å². The van der Waals surface area contributed by atoms with Crippen molar-refractivity contribution >= 4 is 17.3 Å². The molecular weight excluding hydrogens is 250 g/mol. The number of halogens is 1. The largest absolute Gasteiger partial charge is 0.384 e. The van der Waals surface area contributed by atoms with E-state index in [1.54, 1.807) is 24.5 Å². The molecule has 0 saturated heterocycles. The van der Waals surface area contributed by atoms with Crippen LogP contribution in [0.5, 0.6) is 0 Å². The molecule has 0 radical (unpaired) electrons. The first-order chi connectivity index (χ1) is 8.70. The molecule has 18 heavy (non-hydrogen) atoms. The molecule has 0 bridgehead atoms. The average Bonchev–Trinajstić information content (AvgIpc) is 2.77. The van der Waals surface area contributed by atoms with Crippen LogP contribution in [0.3, 0.4) is 0 Å². The van der Waals surface area contributed by atoms with Crippen LogP contribution in [-0.2, 0) is 13.5 Å². The number of hydrogen-bond acceptors (Lipinski definition) is 4. The summed E-state index contributed by atoms with van der Waals surface area (Å²) >= 11 is 5.83. The summed E-state index contributed by atoms with van der Waals surface area (Å²) < 4.78 is 1.87. The fourth-order valence-electron chi connectivity index (χ4n) is 1.61. The molecule has 2 aromatic rings. The molecule has 0 spiro atoms. The number of nitriles is 1. The van der Waals surface area contributed by atoms with Crippen molar-refractivity contribution in [3.05, 3.63) is 40.9 Å². The van der Waals surface area contributed by atoms with Crippen molar-refractivity contribution in [2.75, 3.05) is 11.9 Å². The number of nitrogens with one attached hydrogen (secondary N) is 1. The lowest BCUT2D eigenvalue weighted by Crippen LogP contribution is -2.09. The second-order valence-electron chi connectivity index (χ2n) is 3.84. The fraction of sp³-hybridized carbons (Fsp3) is 0.250. The molecule has 5 nitrogen and oxygen atoms in total. The van der Waals surface area contributed by atoms with Crippen molar-refractivity contribution in [3.63, 3.8) is 0 Å². The maximum absolute atomic E-state index is 9.00. The van der Waals surface area contributed by atoms with Gasteiger partial charge in [-0.15, -0.1) is 10.2 Å². The molecule has 1 heterocycles. The highest BCUT2D eigenvalue weighted by Gasteiger charge is 2.04. The Morgan fingerprint density at radius 1 is 1.50 bits per heavy atom. The first-order valence-electron chi connectivity index (χ1n) is 5.47. The van der Waals surface area contributed by atoms with Crippen molar-refractivity contribution in [2.24, 2.45) is 7.05 Å². The summed E-state index contributed by atoms with van der Waals surface area (Å²) in [5, 5.41) is 20.5. The van der Waals surface area contributed by atoms with Gasteiger partial charge in [0.2, 0.25) is 0 Å². The van der Waals surface area contributed by atoms with E-state index >= 15 is 0 Å². The molecule has 0 amide bonds. The third-order valence-corrected chi connectivity index (χ3v) is 2.81. The van der Waals surface area contributed by atoms with Crippen LogP contribution in [0.25, 0.3) is 0 Å². The molecule has 0 fully saturated rings. The van der Waals surface area contributed by atoms with E-state index in [1.165, 1.54) is 0 Å². The summed E-state index contributed by atoms with van der Waals surface area (Å²) in [6.45, 7) is 0.683. The second-order valence-corrected chi connectivity index (χ2v) is 4.27. The lowest BCUT2D eigenvalue weighted by atomic mass is 10.2. The highest BCUT2D eigenvalue weighted by Crippen LogP contribution is 2.19. The minimum Gasteiger partial charge on any atom is -0.384 e. The smallest absolute Gasteiger partial charge is 0.134 e. The molecule has 0 atom stereocenters. The van der Waals surface area contributed by atoms with E-state index in [0.29, 0.717) is 17.1 Å². The predicted octanol–water partition coefficient (Wildman–Crippen LogP) is 1.99. The quantitative estimate of drug-likeness (QED) is 0.914. The Morgan fingerprint density at radius 2 is 2.33 bits per heavy atom. The highest BCUT2D eigenvalue weighted by molar-refractivity contribution is 6.30. The number of aryl methyl sites for hydroxylation is 1. The van der Waals surface area contributed by atoms with Gasteiger partial charge in [0.25, 0.3) is 0 Å². The van der Waals surface area contributed by atoms with Crippen LogP contribution >= 0.6 is 11.6 Å². The molecule has 0 aliphatic rings. The van der Waals surface area contributed by atoms with Gasteiger partial charge in [0, 0.05) is 25.0 Å². The van der Waals surface area contributed by atoms with Gasteiger partial charge in [0.1, 0.15) is 18.2 Å². The first-order valence-corrected chi connectivity index (χ1v) is 5.85. The molecule has 92 valence electrons. The van der Waals surface area contributed by atoms with Crippen LogP contribution in [0, 0.1) is 11.3 Å². The van der Waals surface area contributed by atoms with Crippen LogP contribution in [0.4, 0.5) is 5.69 Å². The number of nitrogens with zero attached hydrogens (tertiary/aromatic N) is 4. The van der Waals surface area contributed by atoms with Crippen molar-refractivity contribution in [3.8, 4) is 6.07 Å². The van der Waals surface area contributed by atoms with Gasteiger partial charge in [-0.05, 0) is 18.2 Å². The Bertz CT molecular complexity index is 584. The average molecular weight is 262 g/mol. The minimum absolute atomic E-state index is 0.542. The van der Waals surface area contributed by atoms with Crippen LogP contribution in [0.1, 0.15) is 11.4 Å². The van der Waals surface area contributed by atoms with E-state index in [1.807, 2.05) is 11.6 Å². The van der Waals surface area contributed by atoms with Crippen LogP contribution < -0.4 is 5.32 Å². The Labute approximate surface area is 110 Å². The summed E-state index contributed by atoms with van der Waals surface area (Å²) in [7, 11) is 1.90. The lowest BCUT2D eigenvalue weighted by Gasteiger charge is -2.08. The SMILES string of the molecule is Cn1cnnc1CCNc1ccc(Cl)cc1C#N. The molecule has 0 saturated carbocycles. The summed E-state index contributed by atoms with van der Waals surface area (Å²) in [6.07, 6.45) is 2.41. The molecular formula is C12H12ClN5. The number of hydrogen-bond donors (Lipinski definition) is 1. The predicted molar refractivity (Wildman–Crippen MR) is 69.4 cm³/mol. The number of aromatic nitrogens is 3. The second kappa shape index (κ2) is 5.52. The van der Waals surface area contributed by atoms with E-state index in [9.17, 15) is 0 Å². The van der Waals surface area contributed by atoms with E-state index in [0.717, 1.165) is 17.9 Å². The Balaban J connectivity index is 1.99. The van der Waals surface area contributed by atoms with Crippen molar-refractivity contribution in [2.45, 2.75) is 6.42 Å². The zero-order valence-electron chi connectivity index (χ0n) is 9.89. The zero-order valence-corrected chi connectivity index (χ0v) is 10.6. The van der Waals surface area contributed by atoms with Gasteiger partial charge < -0.3 is 9.88 Å². The molecule has 1 aromatic carbocycles. The molecule has 6 heteroatoms. The van der Waals surface area contributed by atoms with Crippen LogP contribution in [0.2, 0.25) is 5.02 Å². The van der Waals surface area contributed by atoms with E-state index < -0.39 is 0 Å². The van der Waals surface area contributed by atoms with Crippen LogP contribution in [-0.4, -0.2) is 21.3 Å². The fourth-order valence-corrected chi connectivity index (χ4v) is 1.78. The van der Waals surface area contributed by atoms with Gasteiger partial charge in [0.05, 0.1) is 11.3 Å². The van der Waals surface area contributed by atoms with E-state index in [-0.39, 0.29) is 0 Å². The molecule has 1 aromatic heterocycles.